The maximum absolute atomic E-state index is 12.4. The summed E-state index contributed by atoms with van der Waals surface area (Å²) in [4.78, 5) is 12.4. The smallest absolute Gasteiger partial charge is 0.314 e. The van der Waals surface area contributed by atoms with Gasteiger partial charge < -0.3 is 14.0 Å². The Balaban J connectivity index is 6.23. The van der Waals surface area contributed by atoms with E-state index in [-0.39, 0.29) is 10.8 Å². The normalized spacial score (nSPS) is 18.8. The first kappa shape index (κ1) is 22.8. The molecule has 0 aromatic carbocycles. The summed E-state index contributed by atoms with van der Waals surface area (Å²) in [5.74, 6) is -0.832. The molecule has 1 N–H and O–H groups in total. The zero-order valence-electron chi connectivity index (χ0n) is 17.0. The number of rotatable bonds is 7. The highest BCUT2D eigenvalue weighted by atomic mass is 28.3. The predicted octanol–water partition coefficient (Wildman–Crippen LogP) is 3.91. The molecule has 23 heavy (non-hydrogen) atoms. The van der Waals surface area contributed by atoms with E-state index >= 15 is 0 Å². The van der Waals surface area contributed by atoms with Crippen LogP contribution in [0.15, 0.2) is 0 Å². The zero-order chi connectivity index (χ0) is 18.8. The summed E-state index contributed by atoms with van der Waals surface area (Å²) in [6.07, 6.45) is -0.785. The summed E-state index contributed by atoms with van der Waals surface area (Å²) in [6.45, 7) is 22.5. The van der Waals surface area contributed by atoms with Gasteiger partial charge in [-0.1, -0.05) is 41.5 Å². The minimum absolute atomic E-state index is 0.282. The molecule has 2 unspecified atom stereocenters. The Bertz CT molecular complexity index is 366. The molecule has 0 aromatic heterocycles. The molecule has 4 nitrogen and oxygen atoms in total. The van der Waals surface area contributed by atoms with Gasteiger partial charge >= 0.3 is 5.97 Å². The number of carbonyl (C=O) groups is 1. The fourth-order valence-corrected chi connectivity index (χ4v) is 5.87. The van der Waals surface area contributed by atoms with Crippen LogP contribution < -0.4 is 0 Å². The molecule has 2 atom stereocenters. The van der Waals surface area contributed by atoms with Gasteiger partial charge in [0, 0.05) is 0 Å². The highest BCUT2D eigenvalue weighted by Crippen LogP contribution is 2.46. The minimum atomic E-state index is -1.41. The summed E-state index contributed by atoms with van der Waals surface area (Å²) in [6, 6.07) is 0. The van der Waals surface area contributed by atoms with Crippen molar-refractivity contribution in [2.75, 3.05) is 0 Å². The van der Waals surface area contributed by atoms with Crippen LogP contribution in [0.3, 0.4) is 0 Å². The van der Waals surface area contributed by atoms with Crippen LogP contribution in [0.25, 0.3) is 0 Å². The summed E-state index contributed by atoms with van der Waals surface area (Å²) in [5.41, 5.74) is -1.66. The van der Waals surface area contributed by atoms with Crippen LogP contribution in [0.5, 0.6) is 0 Å². The zero-order valence-corrected chi connectivity index (χ0v) is 19.3. The Hall–Kier alpha value is -0.176. The van der Waals surface area contributed by atoms with Crippen LogP contribution in [0, 0.1) is 16.2 Å². The SMILES string of the molecule is C[SiH](C)OC(C(C)(C)C)C(C)(C(=O)O)C(O[SiH](C)C)C(C)(C)C. The van der Waals surface area contributed by atoms with Gasteiger partial charge in [0.05, 0.1) is 12.2 Å². The number of hydrogen-bond acceptors (Lipinski definition) is 3. The van der Waals surface area contributed by atoms with Gasteiger partial charge in [0.25, 0.3) is 0 Å². The lowest BCUT2D eigenvalue weighted by atomic mass is 9.63. The van der Waals surface area contributed by atoms with E-state index in [0.717, 1.165) is 0 Å². The fraction of sp³-hybridized carbons (Fsp3) is 0.941. The second-order valence-corrected chi connectivity index (χ2v) is 14.2. The standard InChI is InChI=1S/C17H38O4Si2/c1-15(2,3)12(20-22(8)9)17(7,14(18)19)13(16(4,5)6)21-23(10)11/h12-13,22-23H,1-11H3,(H,18,19). The van der Waals surface area contributed by atoms with Crippen molar-refractivity contribution in [3.05, 3.63) is 0 Å². The highest BCUT2D eigenvalue weighted by molar-refractivity contribution is 6.48. The fourth-order valence-electron chi connectivity index (χ4n) is 3.40. The molecule has 0 fully saturated rings. The second kappa shape index (κ2) is 7.80. The van der Waals surface area contributed by atoms with E-state index in [4.69, 9.17) is 8.85 Å². The molecule has 138 valence electrons. The van der Waals surface area contributed by atoms with Crippen molar-refractivity contribution in [3.8, 4) is 0 Å². The van der Waals surface area contributed by atoms with Crippen LogP contribution in [-0.2, 0) is 13.6 Å². The van der Waals surface area contributed by atoms with Crippen LogP contribution >= 0.6 is 0 Å². The number of carboxylic acid groups (broad SMARTS) is 1. The molecule has 0 saturated heterocycles. The maximum Gasteiger partial charge on any atom is 0.314 e. The monoisotopic (exact) mass is 362 g/mol. The quantitative estimate of drug-likeness (QED) is 0.698. The third-order valence-corrected chi connectivity index (χ3v) is 5.57. The maximum atomic E-state index is 12.4. The summed E-state index contributed by atoms with van der Waals surface area (Å²) < 4.78 is 12.6. The van der Waals surface area contributed by atoms with Gasteiger partial charge in [-0.3, -0.25) is 4.79 Å². The van der Waals surface area contributed by atoms with Crippen molar-refractivity contribution in [1.82, 2.24) is 0 Å². The first-order valence-corrected chi connectivity index (χ1v) is 14.1. The molecule has 0 spiro atoms. The molecule has 0 aromatic rings. The van der Waals surface area contributed by atoms with E-state index in [9.17, 15) is 9.90 Å². The lowest BCUT2D eigenvalue weighted by molar-refractivity contribution is -0.179. The topological polar surface area (TPSA) is 55.8 Å². The number of carboxylic acids is 1. The first-order chi connectivity index (χ1) is 10.0. The van der Waals surface area contributed by atoms with Gasteiger partial charge in [0.15, 0.2) is 18.1 Å². The molecule has 6 heteroatoms. The summed E-state index contributed by atoms with van der Waals surface area (Å²) >= 11 is 0. The van der Waals surface area contributed by atoms with E-state index in [1.165, 1.54) is 0 Å². The molecule has 0 aliphatic carbocycles. The predicted molar refractivity (Wildman–Crippen MR) is 102 cm³/mol. The van der Waals surface area contributed by atoms with Gasteiger partial charge in [-0.05, 0) is 43.9 Å². The Kier molecular flexibility index (Phi) is 7.74. The van der Waals surface area contributed by atoms with Crippen molar-refractivity contribution in [3.63, 3.8) is 0 Å². The number of aliphatic carboxylic acids is 1. The third-order valence-electron chi connectivity index (χ3n) is 3.94. The van der Waals surface area contributed by atoms with Crippen molar-refractivity contribution >= 4 is 24.0 Å². The Morgan fingerprint density at radius 2 is 1.04 bits per heavy atom. The van der Waals surface area contributed by atoms with Crippen molar-refractivity contribution in [2.24, 2.45) is 16.2 Å². The Labute approximate surface area is 146 Å². The van der Waals surface area contributed by atoms with E-state index < -0.39 is 41.7 Å². The molecule has 0 aliphatic rings. The summed E-state index contributed by atoms with van der Waals surface area (Å²) in [7, 11) is -2.82. The molecule has 0 bridgehead atoms. The van der Waals surface area contributed by atoms with Crippen LogP contribution in [0.2, 0.25) is 26.2 Å². The molecule has 0 saturated carbocycles. The van der Waals surface area contributed by atoms with E-state index in [0.29, 0.717) is 0 Å². The van der Waals surface area contributed by atoms with Crippen LogP contribution in [-0.4, -0.2) is 41.4 Å². The molecule has 0 heterocycles. The summed E-state index contributed by atoms with van der Waals surface area (Å²) in [5, 5.41) is 10.2. The van der Waals surface area contributed by atoms with Gasteiger partial charge in [-0.15, -0.1) is 0 Å². The van der Waals surface area contributed by atoms with Crippen molar-refractivity contribution in [2.45, 2.75) is 86.9 Å². The van der Waals surface area contributed by atoms with Gasteiger partial charge in [0.1, 0.15) is 5.41 Å². The first-order valence-electron chi connectivity index (χ1n) is 8.58. The van der Waals surface area contributed by atoms with E-state index in [2.05, 4.69) is 67.7 Å². The Morgan fingerprint density at radius 3 is 1.17 bits per heavy atom. The van der Waals surface area contributed by atoms with Crippen molar-refractivity contribution in [1.29, 1.82) is 0 Å². The van der Waals surface area contributed by atoms with Crippen LogP contribution in [0.1, 0.15) is 48.5 Å². The van der Waals surface area contributed by atoms with Crippen LogP contribution in [0.4, 0.5) is 0 Å². The minimum Gasteiger partial charge on any atom is -0.481 e. The van der Waals surface area contributed by atoms with Gasteiger partial charge in [-0.25, -0.2) is 0 Å². The largest absolute Gasteiger partial charge is 0.481 e. The molecular formula is C17H38O4Si2. The Morgan fingerprint density at radius 1 is 0.783 bits per heavy atom. The van der Waals surface area contributed by atoms with Gasteiger partial charge in [-0.2, -0.15) is 0 Å². The number of hydrogen-bond donors (Lipinski definition) is 1. The lowest BCUT2D eigenvalue weighted by Crippen LogP contribution is -2.61. The second-order valence-electron chi connectivity index (χ2n) is 9.45. The van der Waals surface area contributed by atoms with Gasteiger partial charge in [0.2, 0.25) is 0 Å². The lowest BCUT2D eigenvalue weighted by Gasteiger charge is -2.51. The molecular weight excluding hydrogens is 324 g/mol. The molecule has 0 rings (SSSR count). The molecule has 0 aliphatic heterocycles. The van der Waals surface area contributed by atoms with E-state index in [1.54, 1.807) is 0 Å². The average molecular weight is 363 g/mol. The third kappa shape index (κ3) is 5.99. The molecule has 0 radical (unpaired) electrons. The van der Waals surface area contributed by atoms with Crippen molar-refractivity contribution < 1.29 is 18.8 Å². The molecule has 0 amide bonds. The highest BCUT2D eigenvalue weighted by Gasteiger charge is 2.56. The average Bonchev–Trinajstić information content (AvgIpc) is 2.28. The van der Waals surface area contributed by atoms with E-state index in [1.807, 2.05) is 6.92 Å².